The Morgan fingerprint density at radius 2 is 1.58 bits per heavy atom. The van der Waals surface area contributed by atoms with Gasteiger partial charge in [-0.15, -0.1) is 0 Å². The third-order valence-electron chi connectivity index (χ3n) is 5.87. The van der Waals surface area contributed by atoms with E-state index < -0.39 is 17.8 Å². The molecule has 1 heterocycles. The first kappa shape index (κ1) is 16.8. The van der Waals surface area contributed by atoms with E-state index in [-0.39, 0.29) is 17.7 Å². The van der Waals surface area contributed by atoms with E-state index >= 15 is 0 Å². The lowest BCUT2D eigenvalue weighted by Crippen LogP contribution is -2.43. The maximum absolute atomic E-state index is 12.7. The van der Waals surface area contributed by atoms with Gasteiger partial charge >= 0.3 is 0 Å². The molecule has 0 spiro atoms. The molecule has 0 radical (unpaired) electrons. The summed E-state index contributed by atoms with van der Waals surface area (Å²) in [5, 5.41) is 14.4. The SMILES string of the molecule is O=C(Nc1ccc(Cc2ccncc2)cc1)[C@@H]1[C@H]2CC[C@@H](C2)[C@@H]1C(=O)[O-]. The van der Waals surface area contributed by atoms with Crippen molar-refractivity contribution in [2.75, 3.05) is 5.32 Å². The van der Waals surface area contributed by atoms with Crippen LogP contribution in [0.1, 0.15) is 30.4 Å². The molecule has 2 aliphatic carbocycles. The summed E-state index contributed by atoms with van der Waals surface area (Å²) in [5.74, 6) is -2.09. The van der Waals surface area contributed by atoms with Crippen LogP contribution in [-0.2, 0) is 16.0 Å². The van der Waals surface area contributed by atoms with E-state index in [0.717, 1.165) is 31.2 Å². The Labute approximate surface area is 152 Å². The first-order valence-corrected chi connectivity index (χ1v) is 9.11. The third-order valence-corrected chi connectivity index (χ3v) is 5.87. The highest BCUT2D eigenvalue weighted by molar-refractivity contribution is 5.95. The Bertz CT molecular complexity index is 804. The second kappa shape index (κ2) is 6.90. The summed E-state index contributed by atoms with van der Waals surface area (Å²) >= 11 is 0. The number of anilines is 1. The number of carboxylic acid groups (broad SMARTS) is 1. The first-order chi connectivity index (χ1) is 12.6. The van der Waals surface area contributed by atoms with Crippen LogP contribution in [0.5, 0.6) is 0 Å². The van der Waals surface area contributed by atoms with E-state index in [9.17, 15) is 14.7 Å². The number of nitrogens with one attached hydrogen (secondary N) is 1. The molecule has 2 bridgehead atoms. The molecule has 2 saturated carbocycles. The highest BCUT2D eigenvalue weighted by Gasteiger charge is 2.51. The zero-order valence-electron chi connectivity index (χ0n) is 14.4. The summed E-state index contributed by atoms with van der Waals surface area (Å²) in [5.41, 5.74) is 3.02. The zero-order valence-corrected chi connectivity index (χ0v) is 14.4. The van der Waals surface area contributed by atoms with Crippen LogP contribution in [0.25, 0.3) is 0 Å². The van der Waals surface area contributed by atoms with Crippen molar-refractivity contribution < 1.29 is 14.7 Å². The van der Waals surface area contributed by atoms with Gasteiger partial charge < -0.3 is 15.2 Å². The number of aromatic nitrogens is 1. The normalized spacial score (nSPS) is 26.6. The Morgan fingerprint density at radius 3 is 2.23 bits per heavy atom. The smallest absolute Gasteiger partial charge is 0.228 e. The van der Waals surface area contributed by atoms with Gasteiger partial charge in [-0.1, -0.05) is 12.1 Å². The number of benzene rings is 1. The van der Waals surface area contributed by atoms with Crippen molar-refractivity contribution >= 4 is 17.6 Å². The van der Waals surface area contributed by atoms with Gasteiger partial charge in [-0.05, 0) is 72.9 Å². The van der Waals surface area contributed by atoms with Gasteiger partial charge in [-0.2, -0.15) is 0 Å². The molecular weight excluding hydrogens is 328 g/mol. The summed E-state index contributed by atoms with van der Waals surface area (Å²) in [4.78, 5) is 28.2. The zero-order chi connectivity index (χ0) is 18.1. The van der Waals surface area contributed by atoms with Gasteiger partial charge in [0.15, 0.2) is 0 Å². The lowest BCUT2D eigenvalue weighted by Gasteiger charge is -2.30. The van der Waals surface area contributed by atoms with Crippen molar-refractivity contribution in [3.63, 3.8) is 0 Å². The van der Waals surface area contributed by atoms with Crippen LogP contribution in [0.15, 0.2) is 48.8 Å². The van der Waals surface area contributed by atoms with Crippen LogP contribution in [0.4, 0.5) is 5.69 Å². The molecule has 4 rings (SSSR count). The molecule has 5 nitrogen and oxygen atoms in total. The molecule has 1 N–H and O–H groups in total. The molecule has 26 heavy (non-hydrogen) atoms. The number of aliphatic carboxylic acids is 1. The van der Waals surface area contributed by atoms with Gasteiger partial charge in [-0.3, -0.25) is 9.78 Å². The lowest BCUT2D eigenvalue weighted by molar-refractivity contribution is -0.314. The van der Waals surface area contributed by atoms with E-state index in [1.165, 1.54) is 5.56 Å². The van der Waals surface area contributed by atoms with Gasteiger partial charge in [0.1, 0.15) is 0 Å². The molecule has 2 aromatic rings. The standard InChI is InChI=1S/C21H22N2O3/c24-20(18-15-3-4-16(12-15)19(18)21(25)26)23-17-5-1-13(2-6-17)11-14-7-9-22-10-8-14/h1-2,5-10,15-16,18-19H,3-4,11-12H2,(H,23,24)(H,25,26)/p-1/t15-,16-,18+,19-/m0/s1. The minimum atomic E-state index is -1.08. The van der Waals surface area contributed by atoms with Crippen LogP contribution >= 0.6 is 0 Å². The molecule has 0 saturated heterocycles. The molecule has 0 aliphatic heterocycles. The van der Waals surface area contributed by atoms with Crippen LogP contribution in [0, 0.1) is 23.7 Å². The summed E-state index contributed by atoms with van der Waals surface area (Å²) < 4.78 is 0. The Kier molecular flexibility index (Phi) is 4.45. The number of rotatable bonds is 5. The number of pyridine rings is 1. The van der Waals surface area contributed by atoms with Crippen molar-refractivity contribution in [1.29, 1.82) is 0 Å². The van der Waals surface area contributed by atoms with Gasteiger partial charge in [0.25, 0.3) is 0 Å². The maximum atomic E-state index is 12.7. The number of carboxylic acids is 1. The van der Waals surface area contributed by atoms with Crippen molar-refractivity contribution in [3.05, 3.63) is 59.9 Å². The Balaban J connectivity index is 1.42. The number of fused-ring (bicyclic) bond motifs is 2. The minimum absolute atomic E-state index is 0.100. The predicted octanol–water partition coefficient (Wildman–Crippen LogP) is 2.02. The van der Waals surface area contributed by atoms with Crippen molar-refractivity contribution in [2.24, 2.45) is 23.7 Å². The molecule has 2 fully saturated rings. The van der Waals surface area contributed by atoms with E-state index in [1.54, 1.807) is 12.4 Å². The molecule has 1 amide bonds. The van der Waals surface area contributed by atoms with E-state index in [4.69, 9.17) is 0 Å². The predicted molar refractivity (Wildman–Crippen MR) is 94.9 cm³/mol. The van der Waals surface area contributed by atoms with E-state index in [0.29, 0.717) is 5.69 Å². The number of nitrogens with zero attached hydrogens (tertiary/aromatic N) is 1. The van der Waals surface area contributed by atoms with Crippen LogP contribution in [-0.4, -0.2) is 16.9 Å². The number of carbonyl (C=O) groups excluding carboxylic acids is 2. The van der Waals surface area contributed by atoms with Gasteiger partial charge in [0, 0.05) is 35.9 Å². The minimum Gasteiger partial charge on any atom is -0.550 e. The van der Waals surface area contributed by atoms with E-state index in [1.807, 2.05) is 36.4 Å². The summed E-state index contributed by atoms with van der Waals surface area (Å²) in [6.07, 6.45) is 7.02. The fraction of sp³-hybridized carbons (Fsp3) is 0.381. The van der Waals surface area contributed by atoms with Crippen LogP contribution in [0.3, 0.4) is 0 Å². The second-order valence-electron chi connectivity index (χ2n) is 7.42. The monoisotopic (exact) mass is 349 g/mol. The molecule has 4 atom stereocenters. The molecule has 2 aliphatic rings. The summed E-state index contributed by atoms with van der Waals surface area (Å²) in [6.45, 7) is 0. The van der Waals surface area contributed by atoms with Gasteiger partial charge in [0.05, 0.1) is 0 Å². The van der Waals surface area contributed by atoms with Crippen LogP contribution < -0.4 is 10.4 Å². The van der Waals surface area contributed by atoms with Crippen molar-refractivity contribution in [2.45, 2.75) is 25.7 Å². The summed E-state index contributed by atoms with van der Waals surface area (Å²) in [7, 11) is 0. The second-order valence-corrected chi connectivity index (χ2v) is 7.42. The number of hydrogen-bond acceptors (Lipinski definition) is 4. The number of amides is 1. The lowest BCUT2D eigenvalue weighted by atomic mass is 9.78. The van der Waals surface area contributed by atoms with Crippen molar-refractivity contribution in [3.8, 4) is 0 Å². The summed E-state index contributed by atoms with van der Waals surface area (Å²) in [6, 6.07) is 11.7. The highest BCUT2D eigenvalue weighted by atomic mass is 16.4. The average molecular weight is 349 g/mol. The largest absolute Gasteiger partial charge is 0.550 e. The first-order valence-electron chi connectivity index (χ1n) is 9.11. The van der Waals surface area contributed by atoms with E-state index in [2.05, 4.69) is 10.3 Å². The quantitative estimate of drug-likeness (QED) is 0.895. The fourth-order valence-electron chi connectivity index (χ4n) is 4.68. The Morgan fingerprint density at radius 1 is 0.962 bits per heavy atom. The average Bonchev–Trinajstić information content (AvgIpc) is 3.25. The fourth-order valence-corrected chi connectivity index (χ4v) is 4.68. The number of hydrogen-bond donors (Lipinski definition) is 1. The molecule has 1 aromatic carbocycles. The molecule has 0 unspecified atom stereocenters. The molecule has 5 heteroatoms. The topological polar surface area (TPSA) is 82.1 Å². The third kappa shape index (κ3) is 3.21. The Hall–Kier alpha value is -2.69. The van der Waals surface area contributed by atoms with Gasteiger partial charge in [0.2, 0.25) is 5.91 Å². The highest BCUT2D eigenvalue weighted by Crippen LogP contribution is 2.52. The van der Waals surface area contributed by atoms with Crippen LogP contribution in [0.2, 0.25) is 0 Å². The molecule has 134 valence electrons. The molecule has 1 aromatic heterocycles. The van der Waals surface area contributed by atoms with Crippen molar-refractivity contribution in [1.82, 2.24) is 4.98 Å². The number of carbonyl (C=O) groups is 2. The maximum Gasteiger partial charge on any atom is 0.228 e. The van der Waals surface area contributed by atoms with Gasteiger partial charge in [-0.25, -0.2) is 0 Å². The molecular formula is C21H21N2O3-.